The van der Waals surface area contributed by atoms with Gasteiger partial charge in [-0.1, -0.05) is 36.4 Å². The van der Waals surface area contributed by atoms with E-state index in [9.17, 15) is 9.90 Å². The van der Waals surface area contributed by atoms with E-state index >= 15 is 0 Å². The van der Waals surface area contributed by atoms with E-state index in [4.69, 9.17) is 11.2 Å². The summed E-state index contributed by atoms with van der Waals surface area (Å²) in [6, 6.07) is 13.9. The van der Waals surface area contributed by atoms with Crippen LogP contribution in [-0.4, -0.2) is 34.2 Å². The summed E-state index contributed by atoms with van der Waals surface area (Å²) in [6.45, 7) is 1.78. The first kappa shape index (κ1) is 20.8. The van der Waals surface area contributed by atoms with Gasteiger partial charge in [0, 0.05) is 12.0 Å². The molecular formula is C20H19N7O3. The number of aliphatic imine (C=N–C) groups is 1. The Morgan fingerprint density at radius 2 is 1.97 bits per heavy atom. The van der Waals surface area contributed by atoms with Crippen molar-refractivity contribution in [3.05, 3.63) is 59.8 Å². The molecule has 3 rings (SSSR count). The molecule has 0 radical (unpaired) electrons. The molecule has 2 N–H and O–H groups in total. The van der Waals surface area contributed by atoms with Gasteiger partial charge in [0.15, 0.2) is 6.23 Å². The first-order valence-electron chi connectivity index (χ1n) is 9.02. The Hall–Kier alpha value is -3.97. The van der Waals surface area contributed by atoms with Crippen LogP contribution in [-0.2, 0) is 4.74 Å². The fourth-order valence-electron chi connectivity index (χ4n) is 2.59. The zero-order valence-electron chi connectivity index (χ0n) is 16.1. The first-order valence-corrected chi connectivity index (χ1v) is 9.02. The van der Waals surface area contributed by atoms with Gasteiger partial charge in [-0.15, -0.1) is 22.6 Å². The average Bonchev–Trinajstić information content (AvgIpc) is 3.20. The molecule has 0 saturated heterocycles. The smallest absolute Gasteiger partial charge is 0.412 e. The van der Waals surface area contributed by atoms with Crippen molar-refractivity contribution in [2.75, 3.05) is 11.9 Å². The standard InChI is InChI=1S/C20H19N7O3/c1-3-4-13-30-19(29)22-16-12-8-11-15(21-16)18(28)23-17(14-9-6-5-7-10-14)20(2)24-26-27-25-20/h1,5-12,18,28H,4,13H2,2H3,(H,21,22,29)/b23-17-. The lowest BCUT2D eigenvalue weighted by Crippen LogP contribution is -2.31. The van der Waals surface area contributed by atoms with E-state index in [-0.39, 0.29) is 18.1 Å². The van der Waals surface area contributed by atoms with E-state index in [1.807, 2.05) is 30.3 Å². The van der Waals surface area contributed by atoms with Gasteiger partial charge in [-0.05, 0) is 29.5 Å². The van der Waals surface area contributed by atoms with Gasteiger partial charge in [-0.25, -0.2) is 14.8 Å². The van der Waals surface area contributed by atoms with Crippen LogP contribution >= 0.6 is 0 Å². The molecule has 1 atom stereocenters. The summed E-state index contributed by atoms with van der Waals surface area (Å²) in [5.74, 6) is 2.57. The maximum atomic E-state index is 11.8. The third kappa shape index (κ3) is 5.09. The summed E-state index contributed by atoms with van der Waals surface area (Å²) in [6.07, 6.45) is 3.38. The number of amides is 1. The number of rotatable bonds is 7. The summed E-state index contributed by atoms with van der Waals surface area (Å²) in [5, 5.41) is 28.4. The van der Waals surface area contributed by atoms with E-state index in [0.717, 1.165) is 0 Å². The van der Waals surface area contributed by atoms with E-state index < -0.39 is 18.0 Å². The summed E-state index contributed by atoms with van der Waals surface area (Å²) < 4.78 is 4.92. The topological polar surface area (TPSA) is 133 Å². The van der Waals surface area contributed by atoms with Crippen molar-refractivity contribution in [3.8, 4) is 12.3 Å². The van der Waals surface area contributed by atoms with Crippen LogP contribution in [0.5, 0.6) is 0 Å². The van der Waals surface area contributed by atoms with Crippen LogP contribution in [0, 0.1) is 12.3 Å². The number of aliphatic hydroxyl groups is 1. The Morgan fingerprint density at radius 1 is 1.23 bits per heavy atom. The Morgan fingerprint density at radius 3 is 2.67 bits per heavy atom. The molecule has 10 heteroatoms. The summed E-state index contributed by atoms with van der Waals surface area (Å²) in [7, 11) is 0. The minimum atomic E-state index is -1.35. The second-order valence-electron chi connectivity index (χ2n) is 6.28. The number of nitrogens with one attached hydrogen (secondary N) is 1. The zero-order valence-corrected chi connectivity index (χ0v) is 16.1. The second kappa shape index (κ2) is 9.49. The van der Waals surface area contributed by atoms with Gasteiger partial charge in [0.2, 0.25) is 5.66 Å². The predicted octanol–water partition coefficient (Wildman–Crippen LogP) is 3.68. The summed E-state index contributed by atoms with van der Waals surface area (Å²) >= 11 is 0. The number of aromatic nitrogens is 1. The molecule has 152 valence electrons. The molecule has 10 nitrogen and oxygen atoms in total. The minimum absolute atomic E-state index is 0.0943. The highest BCUT2D eigenvalue weighted by Crippen LogP contribution is 2.28. The minimum Gasteiger partial charge on any atom is -0.448 e. The van der Waals surface area contributed by atoms with Crippen LogP contribution in [0.4, 0.5) is 10.6 Å². The molecule has 1 amide bonds. The maximum absolute atomic E-state index is 11.8. The number of anilines is 1. The van der Waals surface area contributed by atoms with E-state index in [1.54, 1.807) is 25.1 Å². The van der Waals surface area contributed by atoms with Gasteiger partial charge < -0.3 is 9.84 Å². The Bertz CT molecular complexity index is 1020. The normalized spacial score (nSPS) is 15.4. The Kier molecular flexibility index (Phi) is 6.56. The third-order valence-corrected chi connectivity index (χ3v) is 4.01. The zero-order chi connectivity index (χ0) is 21.4. The van der Waals surface area contributed by atoms with Gasteiger partial charge in [-0.2, -0.15) is 0 Å². The first-order chi connectivity index (χ1) is 14.5. The number of benzene rings is 1. The Balaban J connectivity index is 1.84. The fourth-order valence-corrected chi connectivity index (χ4v) is 2.59. The molecule has 2 heterocycles. The van der Waals surface area contributed by atoms with Crippen LogP contribution in [0.15, 0.2) is 74.2 Å². The molecule has 0 bridgehead atoms. The lowest BCUT2D eigenvalue weighted by molar-refractivity contribution is 0.164. The molecule has 1 aliphatic rings. The molecule has 1 unspecified atom stereocenters. The monoisotopic (exact) mass is 405 g/mol. The molecule has 1 aliphatic heterocycles. The molecular weight excluding hydrogens is 386 g/mol. The highest BCUT2D eigenvalue weighted by Gasteiger charge is 2.35. The third-order valence-electron chi connectivity index (χ3n) is 4.01. The number of carbonyl (C=O) groups is 1. The van der Waals surface area contributed by atoms with Gasteiger partial charge in [0.25, 0.3) is 0 Å². The molecule has 0 fully saturated rings. The van der Waals surface area contributed by atoms with Crippen LogP contribution in [0.2, 0.25) is 0 Å². The van der Waals surface area contributed by atoms with Gasteiger partial charge in [-0.3, -0.25) is 5.32 Å². The second-order valence-corrected chi connectivity index (χ2v) is 6.28. The Labute approximate surface area is 172 Å². The van der Waals surface area contributed by atoms with Crippen molar-refractivity contribution in [3.63, 3.8) is 0 Å². The van der Waals surface area contributed by atoms with Crippen molar-refractivity contribution < 1.29 is 14.6 Å². The van der Waals surface area contributed by atoms with Crippen LogP contribution in [0.3, 0.4) is 0 Å². The summed E-state index contributed by atoms with van der Waals surface area (Å²) in [4.78, 5) is 20.4. The molecule has 30 heavy (non-hydrogen) atoms. The molecule has 1 aromatic heterocycles. The molecule has 0 spiro atoms. The molecule has 1 aromatic carbocycles. The van der Waals surface area contributed by atoms with Crippen LogP contribution < -0.4 is 5.32 Å². The van der Waals surface area contributed by atoms with Crippen LogP contribution in [0.25, 0.3) is 0 Å². The number of hydrogen-bond acceptors (Lipinski definition) is 9. The van der Waals surface area contributed by atoms with Crippen molar-refractivity contribution in [2.24, 2.45) is 25.7 Å². The van der Waals surface area contributed by atoms with E-state index in [1.165, 1.54) is 0 Å². The van der Waals surface area contributed by atoms with Gasteiger partial charge in [0.05, 0.1) is 11.4 Å². The quantitative estimate of drug-likeness (QED) is 0.413. The number of pyridine rings is 1. The van der Waals surface area contributed by atoms with Crippen molar-refractivity contribution in [1.29, 1.82) is 0 Å². The largest absolute Gasteiger partial charge is 0.448 e. The highest BCUT2D eigenvalue weighted by molar-refractivity contribution is 6.07. The average molecular weight is 405 g/mol. The number of carbonyl (C=O) groups excluding carboxylic acids is 1. The maximum Gasteiger partial charge on any atom is 0.412 e. The van der Waals surface area contributed by atoms with Gasteiger partial charge in [0.1, 0.15) is 12.4 Å². The number of hydrogen-bond donors (Lipinski definition) is 2. The number of aliphatic hydroxyl groups excluding tert-OH is 1. The molecule has 0 aliphatic carbocycles. The lowest BCUT2D eigenvalue weighted by atomic mass is 9.99. The number of ether oxygens (including phenoxy) is 1. The van der Waals surface area contributed by atoms with E-state index in [0.29, 0.717) is 17.7 Å². The van der Waals surface area contributed by atoms with Crippen molar-refractivity contribution in [2.45, 2.75) is 25.2 Å². The lowest BCUT2D eigenvalue weighted by Gasteiger charge is -2.19. The SMILES string of the molecule is C#CCCOC(=O)Nc1cccc(C(O)/N=C(/c2ccccc2)C2(C)N=NN=N2)n1. The van der Waals surface area contributed by atoms with Crippen molar-refractivity contribution in [1.82, 2.24) is 4.98 Å². The van der Waals surface area contributed by atoms with Crippen LogP contribution in [0.1, 0.15) is 30.8 Å². The molecule has 2 aromatic rings. The number of nitrogens with zero attached hydrogens (tertiary/aromatic N) is 6. The van der Waals surface area contributed by atoms with E-state index in [2.05, 4.69) is 41.9 Å². The number of terminal acetylenes is 1. The fraction of sp³-hybridized carbons (Fsp3) is 0.250. The van der Waals surface area contributed by atoms with Crippen molar-refractivity contribution >= 4 is 17.6 Å². The highest BCUT2D eigenvalue weighted by atomic mass is 16.5. The predicted molar refractivity (Wildman–Crippen MR) is 109 cm³/mol. The molecule has 0 saturated carbocycles. The van der Waals surface area contributed by atoms with Gasteiger partial charge >= 0.3 is 6.09 Å². The summed E-state index contributed by atoms with van der Waals surface area (Å²) in [5.41, 5.74) is 0.110.